The van der Waals surface area contributed by atoms with Crippen molar-refractivity contribution >= 4 is 39.1 Å². The molecule has 1 aromatic heterocycles. The maximum atomic E-state index is 13.6. The van der Waals surface area contributed by atoms with Crippen LogP contribution in [0.4, 0.5) is 0 Å². The lowest BCUT2D eigenvalue weighted by molar-refractivity contribution is -0.133. The zero-order valence-electron chi connectivity index (χ0n) is 19.6. The topological polar surface area (TPSA) is 53.1 Å². The molecule has 2 heterocycles. The predicted octanol–water partition coefficient (Wildman–Crippen LogP) is 4.51. The van der Waals surface area contributed by atoms with E-state index in [-0.39, 0.29) is 18.4 Å². The first kappa shape index (κ1) is 25.6. The Hall–Kier alpha value is -2.52. The molecule has 4 rings (SSSR count). The largest absolute Gasteiger partial charge is 0.379 e. The van der Waals surface area contributed by atoms with Gasteiger partial charge in [-0.1, -0.05) is 58.4 Å². The summed E-state index contributed by atoms with van der Waals surface area (Å²) >= 11 is 5.09. The number of halogens is 1. The van der Waals surface area contributed by atoms with Gasteiger partial charge < -0.3 is 14.5 Å². The fraction of sp³-hybridized carbons (Fsp3) is 0.333. The summed E-state index contributed by atoms with van der Waals surface area (Å²) in [7, 11) is 0. The third-order valence-electron chi connectivity index (χ3n) is 5.97. The fourth-order valence-corrected chi connectivity index (χ4v) is 5.15. The summed E-state index contributed by atoms with van der Waals surface area (Å²) in [5.41, 5.74) is 1.64. The Morgan fingerprint density at radius 2 is 1.74 bits per heavy atom. The van der Waals surface area contributed by atoms with Crippen LogP contribution in [0.5, 0.6) is 0 Å². The summed E-state index contributed by atoms with van der Waals surface area (Å²) in [6.45, 7) is 5.32. The van der Waals surface area contributed by atoms with Gasteiger partial charge in [-0.25, -0.2) is 0 Å². The lowest BCUT2D eigenvalue weighted by Crippen LogP contribution is -2.47. The molecule has 0 N–H and O–H groups in total. The molecule has 0 atom stereocenters. The van der Waals surface area contributed by atoms with Crippen LogP contribution >= 0.6 is 27.3 Å². The Labute approximate surface area is 219 Å². The lowest BCUT2D eigenvalue weighted by atomic mass is 10.2. The van der Waals surface area contributed by atoms with E-state index < -0.39 is 0 Å². The second-order valence-corrected chi connectivity index (χ2v) is 10.5. The van der Waals surface area contributed by atoms with Gasteiger partial charge in [-0.3, -0.25) is 14.5 Å². The average molecular weight is 557 g/mol. The average Bonchev–Trinajstić information content (AvgIpc) is 3.40. The van der Waals surface area contributed by atoms with Crippen molar-refractivity contribution in [3.63, 3.8) is 0 Å². The Kier molecular flexibility index (Phi) is 9.48. The molecule has 2 amide bonds. The Morgan fingerprint density at radius 3 is 2.46 bits per heavy atom. The van der Waals surface area contributed by atoms with Crippen LogP contribution < -0.4 is 0 Å². The first-order valence-electron chi connectivity index (χ1n) is 11.8. The number of hydrogen-bond donors (Lipinski definition) is 0. The fourth-order valence-electron chi connectivity index (χ4n) is 4.03. The van der Waals surface area contributed by atoms with Crippen LogP contribution in [-0.4, -0.2) is 72.5 Å². The summed E-state index contributed by atoms with van der Waals surface area (Å²) in [5.74, 6) is -0.198. The maximum absolute atomic E-state index is 13.6. The van der Waals surface area contributed by atoms with Gasteiger partial charge in [0.1, 0.15) is 6.54 Å². The van der Waals surface area contributed by atoms with Gasteiger partial charge in [0.05, 0.1) is 19.8 Å². The van der Waals surface area contributed by atoms with E-state index in [0.29, 0.717) is 45.0 Å². The molecule has 0 saturated carbocycles. The second-order valence-electron chi connectivity index (χ2n) is 8.51. The van der Waals surface area contributed by atoms with Gasteiger partial charge in [0.15, 0.2) is 0 Å². The number of amides is 2. The lowest BCUT2D eigenvalue weighted by Gasteiger charge is -2.31. The number of carbonyl (C=O) groups is 2. The van der Waals surface area contributed by atoms with Gasteiger partial charge in [-0.05, 0) is 35.2 Å². The number of hydrogen-bond acceptors (Lipinski definition) is 5. The van der Waals surface area contributed by atoms with Crippen molar-refractivity contribution in [2.45, 2.75) is 13.1 Å². The SMILES string of the molecule is O=C(CN(CCN1CCOCC1)C(=O)c1cccc(Br)c1)N(Cc1ccccc1)Cc1cccs1. The minimum Gasteiger partial charge on any atom is -0.379 e. The van der Waals surface area contributed by atoms with Gasteiger partial charge in [0, 0.05) is 47.6 Å². The van der Waals surface area contributed by atoms with Crippen LogP contribution in [0.2, 0.25) is 0 Å². The highest BCUT2D eigenvalue weighted by Gasteiger charge is 2.24. The highest BCUT2D eigenvalue weighted by Crippen LogP contribution is 2.17. The van der Waals surface area contributed by atoms with Crippen molar-refractivity contribution in [3.8, 4) is 0 Å². The van der Waals surface area contributed by atoms with Crippen LogP contribution in [0.25, 0.3) is 0 Å². The predicted molar refractivity (Wildman–Crippen MR) is 142 cm³/mol. The molecule has 1 aliphatic rings. The number of carbonyl (C=O) groups excluding carboxylic acids is 2. The van der Waals surface area contributed by atoms with Gasteiger partial charge in [0.2, 0.25) is 5.91 Å². The number of ether oxygens (including phenoxy) is 1. The molecule has 1 fully saturated rings. The molecule has 0 spiro atoms. The maximum Gasteiger partial charge on any atom is 0.254 e. The molecule has 6 nitrogen and oxygen atoms in total. The highest BCUT2D eigenvalue weighted by atomic mass is 79.9. The van der Waals surface area contributed by atoms with Crippen LogP contribution in [0.15, 0.2) is 76.6 Å². The van der Waals surface area contributed by atoms with E-state index in [9.17, 15) is 9.59 Å². The zero-order valence-corrected chi connectivity index (χ0v) is 22.0. The number of rotatable bonds is 10. The molecule has 0 radical (unpaired) electrons. The summed E-state index contributed by atoms with van der Waals surface area (Å²) in [6.07, 6.45) is 0. The molecule has 1 saturated heterocycles. The standard InChI is InChI=1S/C27H30BrN3O3S/c28-24-9-4-8-23(18-24)27(33)30(12-11-29-13-15-34-16-14-29)21-26(32)31(20-25-10-5-17-35-25)19-22-6-2-1-3-7-22/h1-10,17-18H,11-16,19-21H2. The molecular weight excluding hydrogens is 526 g/mol. The van der Waals surface area contributed by atoms with Crippen molar-refractivity contribution in [1.29, 1.82) is 0 Å². The molecule has 0 aliphatic carbocycles. The van der Waals surface area contributed by atoms with Crippen molar-refractivity contribution in [3.05, 3.63) is 92.6 Å². The number of nitrogens with zero attached hydrogens (tertiary/aromatic N) is 3. The molecule has 2 aromatic carbocycles. The number of benzene rings is 2. The van der Waals surface area contributed by atoms with E-state index in [1.54, 1.807) is 22.3 Å². The Morgan fingerprint density at radius 1 is 0.943 bits per heavy atom. The number of thiophene rings is 1. The Bertz CT molecular complexity index is 1090. The minimum atomic E-state index is -0.135. The quantitative estimate of drug-likeness (QED) is 0.369. The normalized spacial score (nSPS) is 14.0. The first-order chi connectivity index (χ1) is 17.1. The van der Waals surface area contributed by atoms with Gasteiger partial charge in [0.25, 0.3) is 5.91 Å². The molecule has 1 aliphatic heterocycles. The molecular formula is C27H30BrN3O3S. The van der Waals surface area contributed by atoms with Gasteiger partial charge in [-0.15, -0.1) is 11.3 Å². The summed E-state index contributed by atoms with van der Waals surface area (Å²) < 4.78 is 6.29. The van der Waals surface area contributed by atoms with E-state index in [1.165, 1.54) is 0 Å². The van der Waals surface area contributed by atoms with Crippen molar-refractivity contribution < 1.29 is 14.3 Å². The smallest absolute Gasteiger partial charge is 0.254 e. The highest BCUT2D eigenvalue weighted by molar-refractivity contribution is 9.10. The first-order valence-corrected chi connectivity index (χ1v) is 13.4. The van der Waals surface area contributed by atoms with E-state index in [2.05, 4.69) is 20.8 Å². The van der Waals surface area contributed by atoms with Crippen molar-refractivity contribution in [1.82, 2.24) is 14.7 Å². The molecule has 35 heavy (non-hydrogen) atoms. The zero-order chi connectivity index (χ0) is 24.5. The number of morpholine rings is 1. The van der Waals surface area contributed by atoms with Gasteiger partial charge in [-0.2, -0.15) is 0 Å². The van der Waals surface area contributed by atoms with Crippen LogP contribution in [0.3, 0.4) is 0 Å². The molecule has 0 unspecified atom stereocenters. The minimum absolute atomic E-state index is 0.0356. The molecule has 0 bridgehead atoms. The van der Waals surface area contributed by atoms with E-state index >= 15 is 0 Å². The van der Waals surface area contributed by atoms with Crippen molar-refractivity contribution in [2.75, 3.05) is 45.9 Å². The molecule has 3 aromatic rings. The molecule has 8 heteroatoms. The van der Waals surface area contributed by atoms with E-state index in [0.717, 1.165) is 28.0 Å². The summed E-state index contributed by atoms with van der Waals surface area (Å²) in [5, 5.41) is 2.02. The van der Waals surface area contributed by atoms with Crippen LogP contribution in [-0.2, 0) is 22.6 Å². The third kappa shape index (κ3) is 7.73. The molecule has 184 valence electrons. The monoisotopic (exact) mass is 555 g/mol. The van der Waals surface area contributed by atoms with E-state index in [1.807, 2.05) is 70.9 Å². The van der Waals surface area contributed by atoms with Crippen molar-refractivity contribution in [2.24, 2.45) is 0 Å². The third-order valence-corrected chi connectivity index (χ3v) is 7.32. The van der Waals surface area contributed by atoms with Gasteiger partial charge >= 0.3 is 0 Å². The Balaban J connectivity index is 1.51. The van der Waals surface area contributed by atoms with Crippen LogP contribution in [0.1, 0.15) is 20.8 Å². The van der Waals surface area contributed by atoms with Crippen LogP contribution in [0, 0.1) is 0 Å². The second kappa shape index (κ2) is 13.0. The summed E-state index contributed by atoms with van der Waals surface area (Å²) in [6, 6.07) is 21.4. The summed E-state index contributed by atoms with van der Waals surface area (Å²) in [4.78, 5) is 34.1. The van der Waals surface area contributed by atoms with E-state index in [4.69, 9.17) is 4.74 Å².